The molecule has 2 N–H and O–H groups in total. The second-order valence-corrected chi connectivity index (χ2v) is 5.57. The first-order valence-electron chi connectivity index (χ1n) is 7.97. The molecule has 6 heteroatoms. The van der Waals surface area contributed by atoms with Crippen molar-refractivity contribution in [1.29, 1.82) is 0 Å². The van der Waals surface area contributed by atoms with Crippen LogP contribution in [0.4, 0.5) is 15.8 Å². The molecular formula is C20H16FN3O2. The third-order valence-electron chi connectivity index (χ3n) is 3.62. The Morgan fingerprint density at radius 2 is 1.50 bits per heavy atom. The Bertz CT molecular complexity index is 912. The minimum Gasteiger partial charge on any atom is -0.324 e. The number of nitrogens with zero attached hydrogens (tertiary/aromatic N) is 1. The van der Waals surface area contributed by atoms with E-state index in [9.17, 15) is 14.0 Å². The number of amides is 2. The Labute approximate surface area is 149 Å². The van der Waals surface area contributed by atoms with E-state index in [1.54, 1.807) is 54.6 Å². The van der Waals surface area contributed by atoms with Gasteiger partial charge in [0.05, 0.1) is 17.8 Å². The van der Waals surface area contributed by atoms with Crippen LogP contribution < -0.4 is 10.6 Å². The van der Waals surface area contributed by atoms with Crippen molar-refractivity contribution in [3.8, 4) is 0 Å². The van der Waals surface area contributed by atoms with Gasteiger partial charge in [0.25, 0.3) is 5.91 Å². The standard InChI is InChI=1S/C20H16FN3O2/c21-15-10-8-14(9-11-15)13-19(25)23-16-5-1-2-6-17(16)24-20(26)18-7-3-4-12-22-18/h1-12H,13H2,(H,23,25)(H,24,26). The number of benzene rings is 2. The number of rotatable bonds is 5. The Kier molecular flexibility index (Phi) is 5.34. The number of para-hydroxylation sites is 2. The molecule has 3 aromatic rings. The molecule has 2 amide bonds. The van der Waals surface area contributed by atoms with Gasteiger partial charge >= 0.3 is 0 Å². The molecule has 0 aliphatic rings. The lowest BCUT2D eigenvalue weighted by molar-refractivity contribution is -0.115. The average Bonchev–Trinajstić information content (AvgIpc) is 2.66. The van der Waals surface area contributed by atoms with Crippen LogP contribution in [0.3, 0.4) is 0 Å². The summed E-state index contributed by atoms with van der Waals surface area (Å²) in [6.45, 7) is 0. The lowest BCUT2D eigenvalue weighted by Gasteiger charge is -2.12. The van der Waals surface area contributed by atoms with Gasteiger partial charge < -0.3 is 10.6 Å². The van der Waals surface area contributed by atoms with Gasteiger partial charge in [0.1, 0.15) is 11.5 Å². The number of carbonyl (C=O) groups is 2. The highest BCUT2D eigenvalue weighted by Crippen LogP contribution is 2.22. The molecule has 26 heavy (non-hydrogen) atoms. The zero-order chi connectivity index (χ0) is 18.4. The summed E-state index contributed by atoms with van der Waals surface area (Å²) < 4.78 is 12.9. The Hall–Kier alpha value is -3.54. The van der Waals surface area contributed by atoms with E-state index in [1.165, 1.54) is 18.3 Å². The highest BCUT2D eigenvalue weighted by molar-refractivity contribution is 6.06. The number of aromatic nitrogens is 1. The van der Waals surface area contributed by atoms with Crippen LogP contribution in [0.25, 0.3) is 0 Å². The van der Waals surface area contributed by atoms with Crippen molar-refractivity contribution in [3.63, 3.8) is 0 Å². The number of carbonyl (C=O) groups excluding carboxylic acids is 2. The summed E-state index contributed by atoms with van der Waals surface area (Å²) in [5.74, 6) is -0.987. The topological polar surface area (TPSA) is 71.1 Å². The fraction of sp³-hybridized carbons (Fsp3) is 0.0500. The van der Waals surface area contributed by atoms with Gasteiger partial charge in [-0.05, 0) is 42.0 Å². The van der Waals surface area contributed by atoms with E-state index in [0.717, 1.165) is 0 Å². The maximum Gasteiger partial charge on any atom is 0.274 e. The second kappa shape index (κ2) is 8.02. The molecule has 0 unspecified atom stereocenters. The second-order valence-electron chi connectivity index (χ2n) is 5.57. The van der Waals surface area contributed by atoms with E-state index in [2.05, 4.69) is 15.6 Å². The van der Waals surface area contributed by atoms with Crippen molar-refractivity contribution < 1.29 is 14.0 Å². The van der Waals surface area contributed by atoms with E-state index in [1.807, 2.05) is 0 Å². The summed E-state index contributed by atoms with van der Waals surface area (Å²) in [7, 11) is 0. The summed E-state index contributed by atoms with van der Waals surface area (Å²) >= 11 is 0. The highest BCUT2D eigenvalue weighted by atomic mass is 19.1. The maximum absolute atomic E-state index is 12.9. The molecule has 5 nitrogen and oxygen atoms in total. The van der Waals surface area contributed by atoms with Crippen LogP contribution in [0.5, 0.6) is 0 Å². The van der Waals surface area contributed by atoms with Crippen molar-refractivity contribution in [2.75, 3.05) is 10.6 Å². The molecular weight excluding hydrogens is 333 g/mol. The van der Waals surface area contributed by atoms with Crippen LogP contribution in [-0.2, 0) is 11.2 Å². The van der Waals surface area contributed by atoms with Crippen LogP contribution in [0, 0.1) is 5.82 Å². The van der Waals surface area contributed by atoms with Crippen molar-refractivity contribution in [2.24, 2.45) is 0 Å². The summed E-state index contributed by atoms with van der Waals surface area (Å²) in [6, 6.07) is 17.7. The molecule has 3 rings (SSSR count). The molecule has 0 fully saturated rings. The van der Waals surface area contributed by atoms with Crippen molar-refractivity contribution in [1.82, 2.24) is 4.98 Å². The predicted molar refractivity (Wildman–Crippen MR) is 97.4 cm³/mol. The van der Waals surface area contributed by atoms with Gasteiger partial charge in [-0.1, -0.05) is 30.3 Å². The third-order valence-corrected chi connectivity index (χ3v) is 3.62. The Balaban J connectivity index is 1.69. The molecule has 0 spiro atoms. The fourth-order valence-electron chi connectivity index (χ4n) is 2.37. The molecule has 130 valence electrons. The molecule has 1 heterocycles. The van der Waals surface area contributed by atoms with Crippen molar-refractivity contribution in [2.45, 2.75) is 6.42 Å². The average molecular weight is 349 g/mol. The SMILES string of the molecule is O=C(Cc1ccc(F)cc1)Nc1ccccc1NC(=O)c1ccccn1. The first kappa shape index (κ1) is 17.3. The zero-order valence-electron chi connectivity index (χ0n) is 13.8. The first-order chi connectivity index (χ1) is 12.6. The van der Waals surface area contributed by atoms with E-state index in [0.29, 0.717) is 16.9 Å². The normalized spacial score (nSPS) is 10.2. The zero-order valence-corrected chi connectivity index (χ0v) is 13.8. The quantitative estimate of drug-likeness (QED) is 0.738. The van der Waals surface area contributed by atoms with Crippen LogP contribution >= 0.6 is 0 Å². The Morgan fingerprint density at radius 1 is 0.846 bits per heavy atom. The number of pyridine rings is 1. The number of anilines is 2. The van der Waals surface area contributed by atoms with E-state index < -0.39 is 0 Å². The molecule has 2 aromatic carbocycles. The summed E-state index contributed by atoms with van der Waals surface area (Å²) in [5.41, 5.74) is 1.92. The van der Waals surface area contributed by atoms with Gasteiger partial charge in [0.2, 0.25) is 5.91 Å². The van der Waals surface area contributed by atoms with Crippen molar-refractivity contribution in [3.05, 3.63) is 90.0 Å². The molecule has 0 saturated heterocycles. The van der Waals surface area contributed by atoms with Gasteiger partial charge in [-0.25, -0.2) is 4.39 Å². The lowest BCUT2D eigenvalue weighted by Crippen LogP contribution is -2.18. The molecule has 0 atom stereocenters. The fourth-order valence-corrected chi connectivity index (χ4v) is 2.37. The van der Waals surface area contributed by atoms with E-state index in [-0.39, 0.29) is 29.7 Å². The third kappa shape index (κ3) is 4.51. The van der Waals surface area contributed by atoms with E-state index in [4.69, 9.17) is 0 Å². The molecule has 0 bridgehead atoms. The van der Waals surface area contributed by atoms with Gasteiger partial charge in [0, 0.05) is 6.20 Å². The van der Waals surface area contributed by atoms with Crippen molar-refractivity contribution >= 4 is 23.2 Å². The van der Waals surface area contributed by atoms with Crippen LogP contribution in [0.2, 0.25) is 0 Å². The number of hydrogen-bond donors (Lipinski definition) is 2. The van der Waals surface area contributed by atoms with Crippen LogP contribution in [0.1, 0.15) is 16.1 Å². The van der Waals surface area contributed by atoms with Crippen LogP contribution in [-0.4, -0.2) is 16.8 Å². The summed E-state index contributed by atoms with van der Waals surface area (Å²) in [5, 5.41) is 5.50. The minimum absolute atomic E-state index is 0.100. The number of halogens is 1. The monoisotopic (exact) mass is 349 g/mol. The molecule has 1 aromatic heterocycles. The predicted octanol–water partition coefficient (Wildman–Crippen LogP) is 3.65. The molecule has 0 aliphatic heterocycles. The highest BCUT2D eigenvalue weighted by Gasteiger charge is 2.12. The molecule has 0 saturated carbocycles. The van der Waals surface area contributed by atoms with Gasteiger partial charge in [0.15, 0.2) is 0 Å². The van der Waals surface area contributed by atoms with Gasteiger partial charge in [-0.3, -0.25) is 14.6 Å². The number of nitrogens with one attached hydrogen (secondary N) is 2. The number of hydrogen-bond acceptors (Lipinski definition) is 3. The van der Waals surface area contributed by atoms with Gasteiger partial charge in [-0.15, -0.1) is 0 Å². The van der Waals surface area contributed by atoms with Gasteiger partial charge in [-0.2, -0.15) is 0 Å². The smallest absolute Gasteiger partial charge is 0.274 e. The maximum atomic E-state index is 12.9. The molecule has 0 radical (unpaired) electrons. The van der Waals surface area contributed by atoms with E-state index >= 15 is 0 Å². The first-order valence-corrected chi connectivity index (χ1v) is 7.97. The lowest BCUT2D eigenvalue weighted by atomic mass is 10.1. The summed E-state index contributed by atoms with van der Waals surface area (Å²) in [4.78, 5) is 28.5. The summed E-state index contributed by atoms with van der Waals surface area (Å²) in [6.07, 6.45) is 1.63. The molecule has 0 aliphatic carbocycles. The van der Waals surface area contributed by atoms with Crippen LogP contribution in [0.15, 0.2) is 72.9 Å². The Morgan fingerprint density at radius 3 is 2.15 bits per heavy atom. The largest absolute Gasteiger partial charge is 0.324 e. The minimum atomic E-state index is -0.370.